The van der Waals surface area contributed by atoms with Crippen molar-refractivity contribution in [2.45, 2.75) is 32.6 Å². The molecule has 0 aliphatic carbocycles. The van der Waals surface area contributed by atoms with Crippen LogP contribution in [-0.4, -0.2) is 28.0 Å². The van der Waals surface area contributed by atoms with E-state index in [1.165, 1.54) is 25.3 Å². The Morgan fingerprint density at radius 2 is 1.55 bits per heavy atom. The van der Waals surface area contributed by atoms with Crippen molar-refractivity contribution in [2.75, 3.05) is 23.3 Å². The molecule has 0 aromatic heterocycles. The Balaban J connectivity index is 2.01. The van der Waals surface area contributed by atoms with Crippen LogP contribution in [0, 0.1) is 27.7 Å². The zero-order valence-electron chi connectivity index (χ0n) is 19.3. The lowest BCUT2D eigenvalue weighted by Gasteiger charge is -2.25. The molecule has 1 amide bonds. The molecule has 0 aliphatic heterocycles. The van der Waals surface area contributed by atoms with Gasteiger partial charge >= 0.3 is 0 Å². The maximum absolute atomic E-state index is 13.5. The number of halogens is 1. The highest BCUT2D eigenvalue weighted by molar-refractivity contribution is 7.92. The molecule has 3 rings (SSSR count). The maximum atomic E-state index is 13.5. The van der Waals surface area contributed by atoms with Crippen molar-refractivity contribution in [1.82, 2.24) is 0 Å². The molecule has 0 aliphatic rings. The summed E-state index contributed by atoms with van der Waals surface area (Å²) in [5, 5.41) is 3.11. The molecule has 0 fully saturated rings. The van der Waals surface area contributed by atoms with E-state index in [1.807, 2.05) is 39.8 Å². The summed E-state index contributed by atoms with van der Waals surface area (Å²) < 4.78 is 33.3. The Bertz CT molecular complexity index is 1270. The van der Waals surface area contributed by atoms with Crippen LogP contribution in [0.25, 0.3) is 0 Å². The van der Waals surface area contributed by atoms with Crippen molar-refractivity contribution in [3.8, 4) is 5.75 Å². The number of carbonyl (C=O) groups is 1. The van der Waals surface area contributed by atoms with Gasteiger partial charge in [0.25, 0.3) is 10.0 Å². The number of methoxy groups -OCH3 is 1. The first-order valence-electron chi connectivity index (χ1n) is 10.3. The van der Waals surface area contributed by atoms with Gasteiger partial charge in [0, 0.05) is 5.69 Å². The van der Waals surface area contributed by atoms with Gasteiger partial charge in [0.1, 0.15) is 12.3 Å². The minimum Gasteiger partial charge on any atom is -0.495 e. The molecule has 174 valence electrons. The number of amides is 1. The molecule has 0 spiro atoms. The Morgan fingerprint density at radius 3 is 2.09 bits per heavy atom. The number of carbonyl (C=O) groups excluding carboxylic acids is 1. The average Bonchev–Trinajstić information content (AvgIpc) is 2.74. The van der Waals surface area contributed by atoms with Crippen LogP contribution < -0.4 is 14.4 Å². The number of nitrogens with one attached hydrogen (secondary N) is 1. The molecule has 0 saturated heterocycles. The van der Waals surface area contributed by atoms with Gasteiger partial charge in [0.05, 0.1) is 22.7 Å². The highest BCUT2D eigenvalue weighted by atomic mass is 35.5. The lowest BCUT2D eigenvalue weighted by molar-refractivity contribution is -0.114. The number of hydrogen-bond donors (Lipinski definition) is 1. The number of ether oxygens (including phenoxy) is 1. The Morgan fingerprint density at radius 1 is 0.939 bits per heavy atom. The molecule has 33 heavy (non-hydrogen) atoms. The zero-order valence-corrected chi connectivity index (χ0v) is 20.8. The SMILES string of the molecule is COc1ccc(N(CC(=O)Nc2c(C)cc(C)cc2C)S(=O)(=O)c2ccc(C)cc2)cc1Cl. The first kappa shape index (κ1) is 24.6. The second-order valence-electron chi connectivity index (χ2n) is 7.97. The second kappa shape index (κ2) is 9.85. The molecule has 1 N–H and O–H groups in total. The lowest BCUT2D eigenvalue weighted by Crippen LogP contribution is -2.38. The van der Waals surface area contributed by atoms with Crippen LogP contribution in [0.15, 0.2) is 59.5 Å². The van der Waals surface area contributed by atoms with Crippen LogP contribution in [0.3, 0.4) is 0 Å². The summed E-state index contributed by atoms with van der Waals surface area (Å²) in [6.45, 7) is 7.23. The predicted molar refractivity (Wildman–Crippen MR) is 133 cm³/mol. The first-order chi connectivity index (χ1) is 15.5. The second-order valence-corrected chi connectivity index (χ2v) is 10.2. The molecule has 0 radical (unpaired) electrons. The van der Waals surface area contributed by atoms with Gasteiger partial charge in [-0.1, -0.05) is 47.0 Å². The smallest absolute Gasteiger partial charge is 0.264 e. The molecule has 8 heteroatoms. The van der Waals surface area contributed by atoms with Gasteiger partial charge in [0.15, 0.2) is 0 Å². The average molecular weight is 487 g/mol. The molecule has 0 saturated carbocycles. The van der Waals surface area contributed by atoms with E-state index < -0.39 is 22.5 Å². The summed E-state index contributed by atoms with van der Waals surface area (Å²) in [7, 11) is -2.57. The molecule has 0 unspecified atom stereocenters. The summed E-state index contributed by atoms with van der Waals surface area (Å²) in [6.07, 6.45) is 0. The van der Waals surface area contributed by atoms with Crippen molar-refractivity contribution in [3.63, 3.8) is 0 Å². The van der Waals surface area contributed by atoms with Gasteiger partial charge in [-0.05, 0) is 69.2 Å². The van der Waals surface area contributed by atoms with Crippen LogP contribution in [0.4, 0.5) is 11.4 Å². The van der Waals surface area contributed by atoms with Gasteiger partial charge in [-0.25, -0.2) is 8.42 Å². The van der Waals surface area contributed by atoms with E-state index >= 15 is 0 Å². The monoisotopic (exact) mass is 486 g/mol. The topological polar surface area (TPSA) is 75.7 Å². The van der Waals surface area contributed by atoms with Crippen LogP contribution in [0.2, 0.25) is 5.02 Å². The molecule has 3 aromatic carbocycles. The molecule has 6 nitrogen and oxygen atoms in total. The summed E-state index contributed by atoms with van der Waals surface area (Å²) in [6, 6.07) is 15.0. The number of sulfonamides is 1. The fraction of sp³-hybridized carbons (Fsp3) is 0.240. The highest BCUT2D eigenvalue weighted by Crippen LogP contribution is 2.32. The van der Waals surface area contributed by atoms with E-state index in [4.69, 9.17) is 16.3 Å². The summed E-state index contributed by atoms with van der Waals surface area (Å²) in [4.78, 5) is 13.1. The summed E-state index contributed by atoms with van der Waals surface area (Å²) in [5.74, 6) is -0.0591. The zero-order chi connectivity index (χ0) is 24.3. The Hall–Kier alpha value is -3.03. The van der Waals surface area contributed by atoms with E-state index in [2.05, 4.69) is 5.32 Å². The van der Waals surface area contributed by atoms with E-state index in [0.717, 1.165) is 26.6 Å². The van der Waals surface area contributed by atoms with Gasteiger partial charge in [-0.2, -0.15) is 0 Å². The number of nitrogens with zero attached hydrogens (tertiary/aromatic N) is 1. The quantitative estimate of drug-likeness (QED) is 0.484. The highest BCUT2D eigenvalue weighted by Gasteiger charge is 2.28. The lowest BCUT2D eigenvalue weighted by atomic mass is 10.1. The molecular formula is C25H27ClN2O4S. The van der Waals surface area contributed by atoms with E-state index in [-0.39, 0.29) is 15.6 Å². The number of anilines is 2. The van der Waals surface area contributed by atoms with Gasteiger partial charge in [-0.3, -0.25) is 9.10 Å². The van der Waals surface area contributed by atoms with Crippen molar-refractivity contribution in [3.05, 3.63) is 81.9 Å². The van der Waals surface area contributed by atoms with Crippen LogP contribution in [0.1, 0.15) is 22.3 Å². The van der Waals surface area contributed by atoms with Crippen molar-refractivity contribution >= 4 is 38.9 Å². The summed E-state index contributed by atoms with van der Waals surface area (Å²) in [5.41, 5.74) is 4.75. The number of rotatable bonds is 7. The van der Waals surface area contributed by atoms with E-state index in [9.17, 15) is 13.2 Å². The van der Waals surface area contributed by atoms with E-state index in [0.29, 0.717) is 11.4 Å². The normalized spacial score (nSPS) is 11.2. The largest absolute Gasteiger partial charge is 0.495 e. The van der Waals surface area contributed by atoms with Gasteiger partial charge in [0.2, 0.25) is 5.91 Å². The predicted octanol–water partition coefficient (Wildman–Crippen LogP) is 5.42. The Kier molecular flexibility index (Phi) is 7.34. The minimum atomic E-state index is -4.05. The van der Waals surface area contributed by atoms with Crippen LogP contribution >= 0.6 is 11.6 Å². The first-order valence-corrected chi connectivity index (χ1v) is 12.2. The van der Waals surface area contributed by atoms with E-state index in [1.54, 1.807) is 24.3 Å². The molecule has 0 heterocycles. The molecule has 0 bridgehead atoms. The maximum Gasteiger partial charge on any atom is 0.264 e. The third-order valence-electron chi connectivity index (χ3n) is 5.26. The number of benzene rings is 3. The summed E-state index contributed by atoms with van der Waals surface area (Å²) >= 11 is 6.27. The molecule has 0 atom stereocenters. The third-order valence-corrected chi connectivity index (χ3v) is 7.34. The number of hydrogen-bond acceptors (Lipinski definition) is 4. The molecule has 3 aromatic rings. The standard InChI is InChI=1S/C25H27ClN2O4S/c1-16-6-9-21(10-7-16)33(30,31)28(20-8-11-23(32-5)22(26)14-20)15-24(29)27-25-18(3)12-17(2)13-19(25)4/h6-14H,15H2,1-5H3,(H,27,29). The minimum absolute atomic E-state index is 0.0792. The van der Waals surface area contributed by atoms with Crippen molar-refractivity contribution < 1.29 is 17.9 Å². The van der Waals surface area contributed by atoms with Crippen molar-refractivity contribution in [2.24, 2.45) is 0 Å². The molecular weight excluding hydrogens is 460 g/mol. The fourth-order valence-electron chi connectivity index (χ4n) is 3.65. The third kappa shape index (κ3) is 5.49. The Labute approximate surface area is 200 Å². The van der Waals surface area contributed by atoms with Gasteiger partial charge in [-0.15, -0.1) is 0 Å². The van der Waals surface area contributed by atoms with Gasteiger partial charge < -0.3 is 10.1 Å². The number of aryl methyl sites for hydroxylation is 4. The fourth-order valence-corrected chi connectivity index (χ4v) is 5.31. The van der Waals surface area contributed by atoms with Crippen LogP contribution in [0.5, 0.6) is 5.75 Å². The van der Waals surface area contributed by atoms with Crippen molar-refractivity contribution in [1.29, 1.82) is 0 Å². The van der Waals surface area contributed by atoms with Crippen LogP contribution in [-0.2, 0) is 14.8 Å².